The predicted molar refractivity (Wildman–Crippen MR) is 68.4 cm³/mol. The molecule has 0 bridgehead atoms. The molecule has 94 valence electrons. The maximum absolute atomic E-state index is 5.84. The van der Waals surface area contributed by atoms with Gasteiger partial charge in [-0.25, -0.2) is 0 Å². The fraction of sp³-hybridized carbons (Fsp3) is 0.571. The molecule has 1 aromatic carbocycles. The SMILES string of the molecule is COc1ccc(C)cc1C1(C(C)CN)COC1. The predicted octanol–water partition coefficient (Wildman–Crippen LogP) is 1.87. The quantitative estimate of drug-likeness (QED) is 0.866. The summed E-state index contributed by atoms with van der Waals surface area (Å²) in [5, 5.41) is 0. The summed E-state index contributed by atoms with van der Waals surface area (Å²) in [5.41, 5.74) is 8.36. The number of aryl methyl sites for hydroxylation is 1. The average molecular weight is 235 g/mol. The minimum absolute atomic E-state index is 0.0338. The summed E-state index contributed by atoms with van der Waals surface area (Å²) >= 11 is 0. The zero-order valence-corrected chi connectivity index (χ0v) is 10.8. The molecule has 0 saturated carbocycles. The van der Waals surface area contributed by atoms with Gasteiger partial charge in [-0.1, -0.05) is 24.6 Å². The van der Waals surface area contributed by atoms with Gasteiger partial charge in [-0.2, -0.15) is 0 Å². The van der Waals surface area contributed by atoms with Crippen molar-refractivity contribution in [1.82, 2.24) is 0 Å². The van der Waals surface area contributed by atoms with E-state index in [0.29, 0.717) is 12.5 Å². The molecule has 1 aliphatic heterocycles. The molecule has 1 heterocycles. The highest BCUT2D eigenvalue weighted by atomic mass is 16.5. The van der Waals surface area contributed by atoms with Gasteiger partial charge < -0.3 is 15.2 Å². The highest BCUT2D eigenvalue weighted by molar-refractivity contribution is 5.44. The van der Waals surface area contributed by atoms with Gasteiger partial charge >= 0.3 is 0 Å². The summed E-state index contributed by atoms with van der Waals surface area (Å²) in [6.07, 6.45) is 0. The van der Waals surface area contributed by atoms with Crippen molar-refractivity contribution < 1.29 is 9.47 Å². The van der Waals surface area contributed by atoms with Crippen LogP contribution in [0.4, 0.5) is 0 Å². The summed E-state index contributed by atoms with van der Waals surface area (Å²) in [5.74, 6) is 1.34. The summed E-state index contributed by atoms with van der Waals surface area (Å²) in [7, 11) is 1.72. The second kappa shape index (κ2) is 4.67. The van der Waals surface area contributed by atoms with Crippen LogP contribution in [0.15, 0.2) is 18.2 Å². The first-order valence-corrected chi connectivity index (χ1v) is 6.07. The molecule has 3 nitrogen and oxygen atoms in total. The fourth-order valence-corrected chi connectivity index (χ4v) is 2.46. The van der Waals surface area contributed by atoms with Crippen LogP contribution in [0.25, 0.3) is 0 Å². The number of methoxy groups -OCH3 is 1. The van der Waals surface area contributed by atoms with E-state index in [0.717, 1.165) is 19.0 Å². The van der Waals surface area contributed by atoms with Crippen molar-refractivity contribution >= 4 is 0 Å². The monoisotopic (exact) mass is 235 g/mol. The number of nitrogens with two attached hydrogens (primary N) is 1. The smallest absolute Gasteiger partial charge is 0.122 e. The van der Waals surface area contributed by atoms with Crippen molar-refractivity contribution in [3.8, 4) is 5.75 Å². The Bertz CT molecular complexity index is 399. The molecule has 0 amide bonds. The summed E-state index contributed by atoms with van der Waals surface area (Å²) in [6.45, 7) is 6.43. The Labute approximate surface area is 103 Å². The number of benzene rings is 1. The molecule has 1 aromatic rings. The largest absolute Gasteiger partial charge is 0.496 e. The molecule has 2 N–H and O–H groups in total. The Hall–Kier alpha value is -1.06. The van der Waals surface area contributed by atoms with E-state index in [1.165, 1.54) is 11.1 Å². The van der Waals surface area contributed by atoms with E-state index in [1.807, 2.05) is 6.07 Å². The normalized spacial score (nSPS) is 19.5. The number of hydrogen-bond acceptors (Lipinski definition) is 3. The van der Waals surface area contributed by atoms with Crippen LogP contribution in [-0.4, -0.2) is 26.9 Å². The lowest BCUT2D eigenvalue weighted by atomic mass is 9.68. The van der Waals surface area contributed by atoms with E-state index in [-0.39, 0.29) is 5.41 Å². The van der Waals surface area contributed by atoms with Crippen LogP contribution in [0.3, 0.4) is 0 Å². The van der Waals surface area contributed by atoms with Gasteiger partial charge in [0.1, 0.15) is 5.75 Å². The van der Waals surface area contributed by atoms with E-state index in [9.17, 15) is 0 Å². The molecule has 1 atom stereocenters. The molecule has 17 heavy (non-hydrogen) atoms. The number of hydrogen-bond donors (Lipinski definition) is 1. The van der Waals surface area contributed by atoms with Crippen molar-refractivity contribution in [3.05, 3.63) is 29.3 Å². The molecular weight excluding hydrogens is 214 g/mol. The Morgan fingerprint density at radius 3 is 2.65 bits per heavy atom. The van der Waals surface area contributed by atoms with E-state index >= 15 is 0 Å². The van der Waals surface area contributed by atoms with E-state index < -0.39 is 0 Å². The first-order chi connectivity index (χ1) is 8.14. The van der Waals surface area contributed by atoms with Crippen LogP contribution in [-0.2, 0) is 10.2 Å². The molecular formula is C14H21NO2. The first-order valence-electron chi connectivity index (χ1n) is 6.07. The van der Waals surface area contributed by atoms with Crippen molar-refractivity contribution in [2.45, 2.75) is 19.3 Å². The minimum Gasteiger partial charge on any atom is -0.496 e. The lowest BCUT2D eigenvalue weighted by Crippen LogP contribution is -2.53. The molecule has 1 aliphatic rings. The molecule has 0 radical (unpaired) electrons. The third-order valence-electron chi connectivity index (χ3n) is 3.91. The maximum Gasteiger partial charge on any atom is 0.122 e. The lowest BCUT2D eigenvalue weighted by molar-refractivity contribution is -0.0862. The molecule has 1 unspecified atom stereocenters. The van der Waals surface area contributed by atoms with Gasteiger partial charge in [-0.15, -0.1) is 0 Å². The third kappa shape index (κ3) is 1.94. The number of rotatable bonds is 4. The summed E-state index contributed by atoms with van der Waals surface area (Å²) < 4.78 is 10.9. The van der Waals surface area contributed by atoms with Crippen LogP contribution >= 0.6 is 0 Å². The van der Waals surface area contributed by atoms with Gasteiger partial charge in [0.25, 0.3) is 0 Å². The van der Waals surface area contributed by atoms with Crippen molar-refractivity contribution in [2.75, 3.05) is 26.9 Å². The zero-order chi connectivity index (χ0) is 12.5. The Morgan fingerprint density at radius 1 is 1.47 bits per heavy atom. The van der Waals surface area contributed by atoms with Gasteiger partial charge in [-0.3, -0.25) is 0 Å². The van der Waals surface area contributed by atoms with Crippen LogP contribution in [0.1, 0.15) is 18.1 Å². The van der Waals surface area contributed by atoms with E-state index in [4.69, 9.17) is 15.2 Å². The Kier molecular flexibility index (Phi) is 3.40. The topological polar surface area (TPSA) is 44.5 Å². The second-order valence-corrected chi connectivity index (χ2v) is 4.99. The van der Waals surface area contributed by atoms with Crippen molar-refractivity contribution in [3.63, 3.8) is 0 Å². The Balaban J connectivity index is 2.46. The van der Waals surface area contributed by atoms with Crippen LogP contribution in [0.5, 0.6) is 5.75 Å². The van der Waals surface area contributed by atoms with Gasteiger partial charge in [0.2, 0.25) is 0 Å². The zero-order valence-electron chi connectivity index (χ0n) is 10.8. The van der Waals surface area contributed by atoms with E-state index in [2.05, 4.69) is 26.0 Å². The summed E-state index contributed by atoms with van der Waals surface area (Å²) in [6, 6.07) is 6.31. The molecule has 0 aliphatic carbocycles. The minimum atomic E-state index is 0.0338. The molecule has 1 saturated heterocycles. The second-order valence-electron chi connectivity index (χ2n) is 4.99. The first kappa shape index (κ1) is 12.4. The van der Waals surface area contributed by atoms with Gasteiger partial charge in [-0.05, 0) is 25.5 Å². The van der Waals surface area contributed by atoms with Gasteiger partial charge in [0.05, 0.1) is 20.3 Å². The maximum atomic E-state index is 5.84. The highest BCUT2D eigenvalue weighted by Gasteiger charge is 2.46. The van der Waals surface area contributed by atoms with Crippen molar-refractivity contribution in [1.29, 1.82) is 0 Å². The highest BCUT2D eigenvalue weighted by Crippen LogP contribution is 2.43. The van der Waals surface area contributed by atoms with Gasteiger partial charge in [0, 0.05) is 11.0 Å². The molecule has 2 rings (SSSR count). The lowest BCUT2D eigenvalue weighted by Gasteiger charge is -2.46. The molecule has 3 heteroatoms. The van der Waals surface area contributed by atoms with E-state index in [1.54, 1.807) is 7.11 Å². The average Bonchev–Trinajstić information content (AvgIpc) is 2.27. The van der Waals surface area contributed by atoms with Crippen LogP contribution < -0.4 is 10.5 Å². The van der Waals surface area contributed by atoms with Gasteiger partial charge in [0.15, 0.2) is 0 Å². The van der Waals surface area contributed by atoms with Crippen LogP contribution in [0, 0.1) is 12.8 Å². The van der Waals surface area contributed by atoms with Crippen molar-refractivity contribution in [2.24, 2.45) is 11.7 Å². The molecule has 0 spiro atoms. The van der Waals surface area contributed by atoms with Crippen LogP contribution in [0.2, 0.25) is 0 Å². The third-order valence-corrected chi connectivity index (χ3v) is 3.91. The standard InChI is InChI=1S/C14H21NO2/c1-10-4-5-13(16-3)12(6-10)14(8-17-9-14)11(2)7-15/h4-6,11H,7-9,15H2,1-3H3. The fourth-order valence-electron chi connectivity index (χ4n) is 2.46. The molecule has 0 aromatic heterocycles. The Morgan fingerprint density at radius 2 is 2.18 bits per heavy atom. The molecule has 1 fully saturated rings. The summed E-state index contributed by atoms with van der Waals surface area (Å²) in [4.78, 5) is 0. The number of ether oxygens (including phenoxy) is 2.